The summed E-state index contributed by atoms with van der Waals surface area (Å²) in [5.74, 6) is -0.304. The molecule has 0 heterocycles. The topological polar surface area (TPSA) is 54.4 Å². The van der Waals surface area contributed by atoms with Gasteiger partial charge in [-0.1, -0.05) is 63.1 Å². The lowest BCUT2D eigenvalue weighted by Gasteiger charge is -2.21. The predicted molar refractivity (Wildman–Crippen MR) is 97.2 cm³/mol. The van der Waals surface area contributed by atoms with Crippen LogP contribution >= 0.6 is 23.2 Å². The normalized spacial score (nSPS) is 13.5. The summed E-state index contributed by atoms with van der Waals surface area (Å²) in [6.07, 6.45) is 7.53. The van der Waals surface area contributed by atoms with E-state index in [2.05, 4.69) is 6.92 Å². The van der Waals surface area contributed by atoms with E-state index in [0.29, 0.717) is 12.0 Å². The molecule has 0 spiro atoms. The molecule has 0 fully saturated rings. The van der Waals surface area contributed by atoms with Gasteiger partial charge >= 0.3 is 0 Å². The fourth-order valence-corrected chi connectivity index (χ4v) is 4.03. The van der Waals surface area contributed by atoms with Crippen LogP contribution in [0.5, 0.6) is 0 Å². The van der Waals surface area contributed by atoms with E-state index in [4.69, 9.17) is 23.2 Å². The Hall–Kier alpha value is -0.290. The minimum atomic E-state index is -4.29. The van der Waals surface area contributed by atoms with E-state index in [-0.39, 0.29) is 10.8 Å². The Morgan fingerprint density at radius 2 is 1.70 bits per heavy atom. The third kappa shape index (κ3) is 7.00. The molecule has 0 amide bonds. The van der Waals surface area contributed by atoms with E-state index >= 15 is 0 Å². The Morgan fingerprint density at radius 3 is 2.26 bits per heavy atom. The second kappa shape index (κ2) is 9.87. The van der Waals surface area contributed by atoms with E-state index < -0.39 is 15.0 Å². The van der Waals surface area contributed by atoms with Gasteiger partial charge in [-0.25, -0.2) is 0 Å². The largest absolute Gasteiger partial charge is 0.294 e. The van der Waals surface area contributed by atoms with Crippen LogP contribution in [0.3, 0.4) is 0 Å². The number of hydrogen-bond donors (Lipinski definition) is 1. The summed E-state index contributed by atoms with van der Waals surface area (Å²) in [6.45, 7) is 4.05. The first-order valence-corrected chi connectivity index (χ1v) is 10.4. The molecule has 132 valence electrons. The molecule has 0 aliphatic heterocycles. The highest BCUT2D eigenvalue weighted by molar-refractivity contribution is 7.85. The molecule has 0 aromatic heterocycles. The maximum Gasteiger partial charge on any atom is 0.294 e. The van der Waals surface area contributed by atoms with Crippen LogP contribution in [0.4, 0.5) is 0 Å². The molecule has 1 aromatic rings. The first-order valence-electron chi connectivity index (χ1n) is 8.13. The van der Waals surface area contributed by atoms with E-state index in [1.54, 1.807) is 12.1 Å². The molecule has 0 bridgehead atoms. The maximum atomic E-state index is 11.6. The SMILES string of the molecule is CCCCCCCCC(c1cc(C)ccc1S(=O)(=O)O)C(Cl)Cl. The fraction of sp³-hybridized carbons (Fsp3) is 0.647. The zero-order chi connectivity index (χ0) is 17.5. The second-order valence-electron chi connectivity index (χ2n) is 6.01. The van der Waals surface area contributed by atoms with Gasteiger partial charge in [0.15, 0.2) is 0 Å². The summed E-state index contributed by atoms with van der Waals surface area (Å²) >= 11 is 12.2. The van der Waals surface area contributed by atoms with Crippen LogP contribution in [0.15, 0.2) is 23.1 Å². The van der Waals surface area contributed by atoms with Crippen molar-refractivity contribution in [2.75, 3.05) is 0 Å². The molecule has 1 N–H and O–H groups in total. The summed E-state index contributed by atoms with van der Waals surface area (Å²) in [5, 5.41) is 0. The fourth-order valence-electron chi connectivity index (χ4n) is 2.75. The first kappa shape index (κ1) is 20.8. The zero-order valence-electron chi connectivity index (χ0n) is 13.8. The number of alkyl halides is 2. The van der Waals surface area contributed by atoms with Crippen LogP contribution in [0.2, 0.25) is 0 Å². The van der Waals surface area contributed by atoms with Crippen molar-refractivity contribution in [1.82, 2.24) is 0 Å². The number of rotatable bonds is 10. The van der Waals surface area contributed by atoms with Gasteiger partial charge in [0.2, 0.25) is 0 Å². The Balaban J connectivity index is 2.87. The molecule has 1 atom stereocenters. The molecule has 0 saturated heterocycles. The summed E-state index contributed by atoms with van der Waals surface area (Å²) < 4.78 is 32.7. The molecule has 0 radical (unpaired) electrons. The molecule has 1 rings (SSSR count). The van der Waals surface area contributed by atoms with Crippen molar-refractivity contribution in [2.24, 2.45) is 0 Å². The Labute approximate surface area is 150 Å². The summed E-state index contributed by atoms with van der Waals surface area (Å²) in [7, 11) is -4.29. The standard InChI is InChI=1S/C17H26Cl2O3S/c1-3-4-5-6-7-8-9-14(17(18)19)15-12-13(2)10-11-16(15)23(20,21)22/h10-12,14,17H,3-9H2,1-2H3,(H,20,21,22). The highest BCUT2D eigenvalue weighted by Crippen LogP contribution is 2.36. The lowest BCUT2D eigenvalue weighted by atomic mass is 9.93. The lowest BCUT2D eigenvalue weighted by Crippen LogP contribution is -2.13. The lowest BCUT2D eigenvalue weighted by molar-refractivity contribution is 0.479. The molecule has 1 aromatic carbocycles. The van der Waals surface area contributed by atoms with Gasteiger partial charge in [-0.2, -0.15) is 8.42 Å². The van der Waals surface area contributed by atoms with Gasteiger partial charge in [-0.15, -0.1) is 23.2 Å². The molecule has 23 heavy (non-hydrogen) atoms. The molecule has 0 saturated carbocycles. The van der Waals surface area contributed by atoms with Gasteiger partial charge in [0.25, 0.3) is 10.1 Å². The van der Waals surface area contributed by atoms with E-state index in [1.165, 1.54) is 25.3 Å². The average Bonchev–Trinajstić information content (AvgIpc) is 2.44. The average molecular weight is 381 g/mol. The molecule has 6 heteroatoms. The number of aryl methyl sites for hydroxylation is 1. The van der Waals surface area contributed by atoms with Crippen molar-refractivity contribution >= 4 is 33.3 Å². The molecular formula is C17H26Cl2O3S. The van der Waals surface area contributed by atoms with Gasteiger partial charge in [0.05, 0.1) is 4.90 Å². The highest BCUT2D eigenvalue weighted by atomic mass is 35.5. The van der Waals surface area contributed by atoms with Gasteiger partial charge in [0, 0.05) is 5.92 Å². The smallest absolute Gasteiger partial charge is 0.282 e. The molecule has 0 aliphatic carbocycles. The van der Waals surface area contributed by atoms with E-state index in [9.17, 15) is 13.0 Å². The first-order chi connectivity index (χ1) is 10.8. The van der Waals surface area contributed by atoms with Gasteiger partial charge in [0.1, 0.15) is 4.84 Å². The van der Waals surface area contributed by atoms with Gasteiger partial charge in [-0.05, 0) is 25.0 Å². The minimum Gasteiger partial charge on any atom is -0.282 e. The monoisotopic (exact) mass is 380 g/mol. The van der Waals surface area contributed by atoms with Crippen LogP contribution in [0, 0.1) is 6.92 Å². The van der Waals surface area contributed by atoms with E-state index in [0.717, 1.165) is 24.8 Å². The number of halogens is 2. The van der Waals surface area contributed by atoms with Gasteiger partial charge < -0.3 is 0 Å². The van der Waals surface area contributed by atoms with Crippen molar-refractivity contribution in [1.29, 1.82) is 0 Å². The Morgan fingerprint density at radius 1 is 1.09 bits per heavy atom. The highest BCUT2D eigenvalue weighted by Gasteiger charge is 2.26. The van der Waals surface area contributed by atoms with Crippen LogP contribution in [-0.4, -0.2) is 17.8 Å². The second-order valence-corrected chi connectivity index (χ2v) is 8.57. The predicted octanol–water partition coefficient (Wildman–Crippen LogP) is 5.88. The molecule has 0 aliphatic rings. The Kier molecular flexibility index (Phi) is 8.91. The molecule has 3 nitrogen and oxygen atoms in total. The molecular weight excluding hydrogens is 355 g/mol. The van der Waals surface area contributed by atoms with Crippen molar-refractivity contribution in [3.8, 4) is 0 Å². The molecule has 1 unspecified atom stereocenters. The van der Waals surface area contributed by atoms with Crippen molar-refractivity contribution in [2.45, 2.75) is 74.4 Å². The van der Waals surface area contributed by atoms with Crippen molar-refractivity contribution < 1.29 is 13.0 Å². The maximum absolute atomic E-state index is 11.6. The van der Waals surface area contributed by atoms with Gasteiger partial charge in [-0.3, -0.25) is 4.55 Å². The number of hydrogen-bond acceptors (Lipinski definition) is 2. The third-order valence-electron chi connectivity index (χ3n) is 4.02. The van der Waals surface area contributed by atoms with Crippen LogP contribution < -0.4 is 0 Å². The van der Waals surface area contributed by atoms with Crippen LogP contribution in [0.25, 0.3) is 0 Å². The van der Waals surface area contributed by atoms with Crippen LogP contribution in [0.1, 0.15) is 68.9 Å². The zero-order valence-corrected chi connectivity index (χ0v) is 16.1. The van der Waals surface area contributed by atoms with Crippen LogP contribution in [-0.2, 0) is 10.1 Å². The van der Waals surface area contributed by atoms with Crippen molar-refractivity contribution in [3.05, 3.63) is 29.3 Å². The number of benzene rings is 1. The summed E-state index contributed by atoms with van der Waals surface area (Å²) in [6, 6.07) is 4.83. The third-order valence-corrected chi connectivity index (χ3v) is 5.55. The Bertz CT molecular complexity index is 586. The summed E-state index contributed by atoms with van der Waals surface area (Å²) in [5.41, 5.74) is 1.42. The van der Waals surface area contributed by atoms with E-state index in [1.807, 2.05) is 6.92 Å². The minimum absolute atomic E-state index is 0.0922. The number of unbranched alkanes of at least 4 members (excludes halogenated alkanes) is 5. The quantitative estimate of drug-likeness (QED) is 0.313. The summed E-state index contributed by atoms with van der Waals surface area (Å²) in [4.78, 5) is -0.807. The van der Waals surface area contributed by atoms with Crippen molar-refractivity contribution in [3.63, 3.8) is 0 Å².